The van der Waals surface area contributed by atoms with Gasteiger partial charge in [-0.15, -0.1) is 0 Å². The molecule has 0 radical (unpaired) electrons. The molecule has 1 unspecified atom stereocenters. The third kappa shape index (κ3) is 3.01. The lowest BCUT2D eigenvalue weighted by atomic mass is 10.2. The Hall–Kier alpha value is -2.24. The number of nitrogens with one attached hydrogen (secondary N) is 1. The second-order valence-electron chi connectivity index (χ2n) is 4.43. The monoisotopic (exact) mass is 277 g/mol. The molecule has 1 fully saturated rings. The van der Waals surface area contributed by atoms with Crippen LogP contribution in [0.1, 0.15) is 5.56 Å². The van der Waals surface area contributed by atoms with Crippen LogP contribution >= 0.6 is 0 Å². The zero-order chi connectivity index (χ0) is 14.5. The first-order valence-corrected chi connectivity index (χ1v) is 6.21. The minimum atomic E-state index is -0.555. The normalized spacial score (nSPS) is 18.6. The molecule has 8 heteroatoms. The second-order valence-corrected chi connectivity index (χ2v) is 4.43. The minimum absolute atomic E-state index is 0.0114. The lowest BCUT2D eigenvalue weighted by molar-refractivity contribution is -0.385. The van der Waals surface area contributed by atoms with Gasteiger partial charge >= 0.3 is 0 Å². The zero-order valence-corrected chi connectivity index (χ0v) is 11.1. The van der Waals surface area contributed by atoms with E-state index in [4.69, 9.17) is 10.00 Å². The van der Waals surface area contributed by atoms with E-state index in [1.165, 1.54) is 12.3 Å². The van der Waals surface area contributed by atoms with Crippen LogP contribution in [0.5, 0.6) is 0 Å². The summed E-state index contributed by atoms with van der Waals surface area (Å²) in [5.74, 6) is 0.475. The number of pyridine rings is 1. The molecule has 20 heavy (non-hydrogen) atoms. The van der Waals surface area contributed by atoms with Gasteiger partial charge < -0.3 is 15.0 Å². The predicted molar refractivity (Wildman–Crippen MR) is 71.5 cm³/mol. The first kappa shape index (κ1) is 14.2. The number of aromatic nitrogens is 1. The van der Waals surface area contributed by atoms with Crippen LogP contribution in [0.15, 0.2) is 12.3 Å². The highest BCUT2D eigenvalue weighted by atomic mass is 16.6. The minimum Gasteiger partial charge on any atom is -0.373 e. The molecule has 1 aromatic rings. The van der Waals surface area contributed by atoms with E-state index in [9.17, 15) is 10.1 Å². The van der Waals surface area contributed by atoms with Crippen molar-refractivity contribution in [1.82, 2.24) is 10.3 Å². The molecule has 0 amide bonds. The fraction of sp³-hybridized carbons (Fsp3) is 0.500. The summed E-state index contributed by atoms with van der Waals surface area (Å²) in [5, 5.41) is 22.9. The van der Waals surface area contributed by atoms with E-state index in [2.05, 4.69) is 10.3 Å². The number of rotatable bonds is 4. The van der Waals surface area contributed by atoms with Gasteiger partial charge in [0.2, 0.25) is 0 Å². The maximum atomic E-state index is 10.7. The maximum absolute atomic E-state index is 10.7. The van der Waals surface area contributed by atoms with Crippen LogP contribution in [0.25, 0.3) is 0 Å². The molecule has 0 aromatic carbocycles. The summed E-state index contributed by atoms with van der Waals surface area (Å²) in [5.41, 5.74) is 0.0367. The van der Waals surface area contributed by atoms with Crippen molar-refractivity contribution in [2.24, 2.45) is 0 Å². The molecule has 0 aliphatic carbocycles. The summed E-state index contributed by atoms with van der Waals surface area (Å²) in [6.45, 7) is 2.45. The van der Waals surface area contributed by atoms with Crippen molar-refractivity contribution in [1.29, 1.82) is 5.26 Å². The van der Waals surface area contributed by atoms with Gasteiger partial charge in [-0.1, -0.05) is 0 Å². The lowest BCUT2D eigenvalue weighted by Crippen LogP contribution is -2.46. The van der Waals surface area contributed by atoms with Crippen molar-refractivity contribution in [3.63, 3.8) is 0 Å². The molecule has 1 aromatic heterocycles. The first-order valence-electron chi connectivity index (χ1n) is 6.21. The summed E-state index contributed by atoms with van der Waals surface area (Å²) in [7, 11) is 1.84. The average molecular weight is 277 g/mol. The summed E-state index contributed by atoms with van der Waals surface area (Å²) in [6.07, 6.45) is 1.19. The molecule has 1 atom stereocenters. The Labute approximate surface area is 116 Å². The molecule has 1 aliphatic rings. The van der Waals surface area contributed by atoms with Gasteiger partial charge in [-0.3, -0.25) is 10.1 Å². The van der Waals surface area contributed by atoms with Gasteiger partial charge in [0.25, 0.3) is 5.69 Å². The topological polar surface area (TPSA) is 104 Å². The van der Waals surface area contributed by atoms with Crippen LogP contribution in [0.3, 0.4) is 0 Å². The van der Waals surface area contributed by atoms with E-state index in [1.54, 1.807) is 0 Å². The van der Waals surface area contributed by atoms with Gasteiger partial charge in [-0.2, -0.15) is 5.26 Å². The standard InChI is InChI=1S/C12H15N5O3/c1-14-7-11-8-16(2-3-20-11)12-9(5-13)4-10(6-15-12)17(18)19/h4,6,11,14H,2-3,7-8H2,1H3. The highest BCUT2D eigenvalue weighted by Crippen LogP contribution is 2.23. The number of anilines is 1. The molecular weight excluding hydrogens is 262 g/mol. The Morgan fingerprint density at radius 2 is 2.55 bits per heavy atom. The quantitative estimate of drug-likeness (QED) is 0.622. The van der Waals surface area contributed by atoms with Crippen molar-refractivity contribution in [3.8, 4) is 6.07 Å². The number of hydrogen-bond acceptors (Lipinski definition) is 7. The number of nitro groups is 1. The molecule has 0 saturated carbocycles. The van der Waals surface area contributed by atoms with Gasteiger partial charge in [0.1, 0.15) is 23.6 Å². The van der Waals surface area contributed by atoms with E-state index < -0.39 is 4.92 Å². The van der Waals surface area contributed by atoms with Gasteiger partial charge in [-0.05, 0) is 7.05 Å². The number of hydrogen-bond donors (Lipinski definition) is 1. The van der Waals surface area contributed by atoms with Gasteiger partial charge in [0.15, 0.2) is 0 Å². The molecule has 106 valence electrons. The summed E-state index contributed by atoms with van der Waals surface area (Å²) < 4.78 is 5.58. The zero-order valence-electron chi connectivity index (χ0n) is 11.1. The van der Waals surface area contributed by atoms with Crippen LogP contribution in [-0.2, 0) is 4.74 Å². The van der Waals surface area contributed by atoms with E-state index in [0.717, 1.165) is 0 Å². The van der Waals surface area contributed by atoms with Gasteiger partial charge in [-0.25, -0.2) is 4.98 Å². The molecule has 0 bridgehead atoms. The predicted octanol–water partition coefficient (Wildman–Crippen LogP) is 0.286. The fourth-order valence-electron chi connectivity index (χ4n) is 2.14. The Morgan fingerprint density at radius 3 is 3.20 bits per heavy atom. The molecule has 2 heterocycles. The fourth-order valence-corrected chi connectivity index (χ4v) is 2.14. The first-order chi connectivity index (χ1) is 9.65. The number of nitrogens with zero attached hydrogens (tertiary/aromatic N) is 4. The van der Waals surface area contributed by atoms with Crippen molar-refractivity contribution in [2.75, 3.05) is 38.2 Å². The van der Waals surface area contributed by atoms with E-state index in [0.29, 0.717) is 32.1 Å². The number of likely N-dealkylation sites (N-methyl/N-ethyl adjacent to an activating group) is 1. The smallest absolute Gasteiger partial charge is 0.289 e. The average Bonchev–Trinajstić information content (AvgIpc) is 2.47. The Morgan fingerprint density at radius 1 is 1.75 bits per heavy atom. The number of morpholine rings is 1. The lowest BCUT2D eigenvalue weighted by Gasteiger charge is -2.33. The van der Waals surface area contributed by atoms with Crippen LogP contribution in [0, 0.1) is 21.4 Å². The number of ether oxygens (including phenoxy) is 1. The molecule has 1 saturated heterocycles. The summed E-state index contributed by atoms with van der Waals surface area (Å²) in [6, 6.07) is 3.22. The van der Waals surface area contributed by atoms with Gasteiger partial charge in [0, 0.05) is 25.7 Å². The third-order valence-electron chi connectivity index (χ3n) is 3.05. The Balaban J connectivity index is 2.23. The van der Waals surface area contributed by atoms with Crippen molar-refractivity contribution < 1.29 is 9.66 Å². The Kier molecular flexibility index (Phi) is 4.45. The van der Waals surface area contributed by atoms with Crippen molar-refractivity contribution in [3.05, 3.63) is 27.9 Å². The maximum Gasteiger partial charge on any atom is 0.289 e. The Bertz CT molecular complexity index is 540. The highest BCUT2D eigenvalue weighted by Gasteiger charge is 2.24. The number of nitriles is 1. The van der Waals surface area contributed by atoms with Crippen LogP contribution in [0.4, 0.5) is 11.5 Å². The van der Waals surface area contributed by atoms with Crippen molar-refractivity contribution >= 4 is 11.5 Å². The SMILES string of the molecule is CNCC1CN(c2ncc([N+](=O)[O-])cc2C#N)CCO1. The van der Waals surface area contributed by atoms with E-state index in [1.807, 2.05) is 18.0 Å². The van der Waals surface area contributed by atoms with Crippen LogP contribution in [0.2, 0.25) is 0 Å². The van der Waals surface area contributed by atoms with Crippen LogP contribution in [-0.4, -0.2) is 49.3 Å². The summed E-state index contributed by atoms with van der Waals surface area (Å²) >= 11 is 0. The van der Waals surface area contributed by atoms with Crippen molar-refractivity contribution in [2.45, 2.75) is 6.10 Å². The molecule has 1 aliphatic heterocycles. The molecule has 1 N–H and O–H groups in total. The third-order valence-corrected chi connectivity index (χ3v) is 3.05. The largest absolute Gasteiger partial charge is 0.373 e. The molecule has 8 nitrogen and oxygen atoms in total. The highest BCUT2D eigenvalue weighted by molar-refractivity contribution is 5.57. The van der Waals surface area contributed by atoms with Gasteiger partial charge in [0.05, 0.1) is 17.6 Å². The second kappa shape index (κ2) is 6.27. The molecule has 2 rings (SSSR count). The van der Waals surface area contributed by atoms with E-state index in [-0.39, 0.29) is 17.4 Å². The van der Waals surface area contributed by atoms with E-state index >= 15 is 0 Å². The molecular formula is C12H15N5O3. The van der Waals surface area contributed by atoms with Crippen LogP contribution < -0.4 is 10.2 Å². The summed E-state index contributed by atoms with van der Waals surface area (Å²) in [4.78, 5) is 16.2. The molecule has 0 spiro atoms.